The maximum atomic E-state index is 5.90. The number of benzene rings is 2. The van der Waals surface area contributed by atoms with E-state index in [1.165, 1.54) is 11.1 Å². The van der Waals surface area contributed by atoms with Crippen LogP contribution in [-0.4, -0.2) is 0 Å². The molecule has 0 radical (unpaired) electrons. The molecule has 0 bridgehead atoms. The number of rotatable bonds is 5. The summed E-state index contributed by atoms with van der Waals surface area (Å²) in [5.74, 6) is 6.59. The van der Waals surface area contributed by atoms with Gasteiger partial charge >= 0.3 is 0 Å². The van der Waals surface area contributed by atoms with Crippen molar-refractivity contribution in [3.05, 3.63) is 71.5 Å². The lowest BCUT2D eigenvalue weighted by molar-refractivity contribution is 0.434. The number of furan rings is 1. The van der Waals surface area contributed by atoms with Crippen LogP contribution in [0.25, 0.3) is 11.0 Å². The van der Waals surface area contributed by atoms with Gasteiger partial charge < -0.3 is 4.42 Å². The molecule has 0 fully saturated rings. The summed E-state index contributed by atoms with van der Waals surface area (Å²) in [5.41, 5.74) is 6.35. The highest BCUT2D eigenvalue weighted by Gasteiger charge is 2.15. The molecular weight excluding hydrogens is 260 g/mol. The van der Waals surface area contributed by atoms with E-state index in [9.17, 15) is 0 Å². The van der Waals surface area contributed by atoms with E-state index in [0.717, 1.165) is 29.6 Å². The third-order valence-corrected chi connectivity index (χ3v) is 3.86. The van der Waals surface area contributed by atoms with Gasteiger partial charge in [-0.15, -0.1) is 0 Å². The van der Waals surface area contributed by atoms with Crippen LogP contribution in [0.3, 0.4) is 0 Å². The Morgan fingerprint density at radius 3 is 2.43 bits per heavy atom. The van der Waals surface area contributed by atoms with Crippen molar-refractivity contribution in [3.63, 3.8) is 0 Å². The minimum atomic E-state index is -0.0233. The van der Waals surface area contributed by atoms with Crippen LogP contribution in [0.5, 0.6) is 0 Å². The highest BCUT2D eigenvalue weighted by Crippen LogP contribution is 2.25. The number of hydrogen-bond acceptors (Lipinski definition) is 3. The summed E-state index contributed by atoms with van der Waals surface area (Å²) >= 11 is 0. The normalized spacial score (nSPS) is 12.7. The molecule has 108 valence electrons. The molecule has 1 aromatic heterocycles. The Bertz CT molecular complexity index is 682. The maximum Gasteiger partial charge on any atom is 0.134 e. The predicted molar refractivity (Wildman–Crippen MR) is 85.8 cm³/mol. The van der Waals surface area contributed by atoms with Gasteiger partial charge in [0, 0.05) is 5.39 Å². The summed E-state index contributed by atoms with van der Waals surface area (Å²) in [6.07, 6.45) is 1.86. The first kappa shape index (κ1) is 13.9. The van der Waals surface area contributed by atoms with Crippen LogP contribution in [0.15, 0.2) is 59.0 Å². The lowest BCUT2D eigenvalue weighted by atomic mass is 10.0. The molecule has 0 aliphatic carbocycles. The average molecular weight is 280 g/mol. The maximum absolute atomic E-state index is 5.90. The van der Waals surface area contributed by atoms with Gasteiger partial charge in [0.05, 0.1) is 6.04 Å². The largest absolute Gasteiger partial charge is 0.459 e. The van der Waals surface area contributed by atoms with E-state index < -0.39 is 0 Å². The quantitative estimate of drug-likeness (QED) is 0.553. The molecule has 1 atom stereocenters. The zero-order chi connectivity index (χ0) is 14.7. The highest BCUT2D eigenvalue weighted by atomic mass is 16.3. The van der Waals surface area contributed by atoms with Crippen LogP contribution < -0.4 is 11.3 Å². The lowest BCUT2D eigenvalue weighted by Crippen LogP contribution is -2.29. The third kappa shape index (κ3) is 2.99. The van der Waals surface area contributed by atoms with E-state index in [2.05, 4.69) is 42.7 Å². The van der Waals surface area contributed by atoms with Crippen LogP contribution in [-0.2, 0) is 12.8 Å². The Labute approximate surface area is 124 Å². The lowest BCUT2D eigenvalue weighted by Gasteiger charge is -2.13. The Morgan fingerprint density at radius 1 is 1.05 bits per heavy atom. The van der Waals surface area contributed by atoms with Crippen molar-refractivity contribution >= 4 is 11.0 Å². The molecule has 3 nitrogen and oxygen atoms in total. The Balaban J connectivity index is 1.83. The van der Waals surface area contributed by atoms with E-state index in [0.29, 0.717) is 0 Å². The molecule has 2 aromatic carbocycles. The summed E-state index contributed by atoms with van der Waals surface area (Å²) < 4.78 is 5.90. The Morgan fingerprint density at radius 2 is 1.76 bits per heavy atom. The van der Waals surface area contributed by atoms with Gasteiger partial charge in [0.15, 0.2) is 0 Å². The number of nitrogens with one attached hydrogen (secondary N) is 1. The van der Waals surface area contributed by atoms with Gasteiger partial charge in [-0.1, -0.05) is 49.4 Å². The highest BCUT2D eigenvalue weighted by molar-refractivity contribution is 5.77. The first-order chi connectivity index (χ1) is 10.3. The molecular formula is C18H20N2O. The SMILES string of the molecule is CCc1ccc(CC(NN)c2cc3ccccc3o2)cc1. The molecule has 0 aliphatic heterocycles. The summed E-state index contributed by atoms with van der Waals surface area (Å²) in [7, 11) is 0. The van der Waals surface area contributed by atoms with Crippen LogP contribution in [0.1, 0.15) is 29.9 Å². The zero-order valence-electron chi connectivity index (χ0n) is 12.2. The molecule has 3 N–H and O–H groups in total. The standard InChI is InChI=1S/C18H20N2O/c1-2-13-7-9-14(10-8-13)11-16(20-19)18-12-15-5-3-4-6-17(15)21-18/h3-10,12,16,20H,2,11,19H2,1H3. The monoisotopic (exact) mass is 280 g/mol. The molecule has 3 aromatic rings. The summed E-state index contributed by atoms with van der Waals surface area (Å²) in [6, 6.07) is 18.7. The van der Waals surface area contributed by atoms with Crippen LogP contribution in [0.2, 0.25) is 0 Å². The van der Waals surface area contributed by atoms with Gasteiger partial charge in [0.2, 0.25) is 0 Å². The van der Waals surface area contributed by atoms with E-state index in [1.807, 2.05) is 24.3 Å². The van der Waals surface area contributed by atoms with Crippen molar-refractivity contribution in [2.75, 3.05) is 0 Å². The topological polar surface area (TPSA) is 51.2 Å². The molecule has 0 amide bonds. The van der Waals surface area contributed by atoms with Gasteiger partial charge in [-0.2, -0.15) is 0 Å². The van der Waals surface area contributed by atoms with Gasteiger partial charge in [0.1, 0.15) is 11.3 Å². The zero-order valence-corrected chi connectivity index (χ0v) is 12.2. The molecule has 3 rings (SSSR count). The molecule has 0 saturated carbocycles. The van der Waals surface area contributed by atoms with E-state index in [4.69, 9.17) is 10.3 Å². The van der Waals surface area contributed by atoms with E-state index in [-0.39, 0.29) is 6.04 Å². The first-order valence-corrected chi connectivity index (χ1v) is 7.32. The van der Waals surface area contributed by atoms with Crippen LogP contribution in [0.4, 0.5) is 0 Å². The summed E-state index contributed by atoms with van der Waals surface area (Å²) in [6.45, 7) is 2.16. The van der Waals surface area contributed by atoms with Crippen molar-refractivity contribution in [1.82, 2.24) is 5.43 Å². The van der Waals surface area contributed by atoms with Gasteiger partial charge in [-0.3, -0.25) is 5.84 Å². The van der Waals surface area contributed by atoms with Gasteiger partial charge in [-0.25, -0.2) is 5.43 Å². The van der Waals surface area contributed by atoms with E-state index in [1.54, 1.807) is 0 Å². The number of nitrogens with two attached hydrogens (primary N) is 1. The van der Waals surface area contributed by atoms with Crippen LogP contribution >= 0.6 is 0 Å². The fourth-order valence-corrected chi connectivity index (χ4v) is 2.56. The number of hydrogen-bond donors (Lipinski definition) is 2. The van der Waals surface area contributed by atoms with E-state index >= 15 is 0 Å². The fourth-order valence-electron chi connectivity index (χ4n) is 2.56. The second-order valence-electron chi connectivity index (χ2n) is 5.28. The fraction of sp³-hybridized carbons (Fsp3) is 0.222. The smallest absolute Gasteiger partial charge is 0.134 e. The van der Waals surface area contributed by atoms with Crippen LogP contribution in [0, 0.1) is 0 Å². The number of aryl methyl sites for hydroxylation is 1. The Hall–Kier alpha value is -2.10. The second-order valence-corrected chi connectivity index (χ2v) is 5.28. The van der Waals surface area contributed by atoms with Gasteiger partial charge in [-0.05, 0) is 36.1 Å². The number of hydrazine groups is 1. The molecule has 3 heteroatoms. The molecule has 0 saturated heterocycles. The van der Waals surface area contributed by atoms with Gasteiger partial charge in [0.25, 0.3) is 0 Å². The number of para-hydroxylation sites is 1. The summed E-state index contributed by atoms with van der Waals surface area (Å²) in [5, 5.41) is 1.11. The van der Waals surface area contributed by atoms with Crippen molar-refractivity contribution in [3.8, 4) is 0 Å². The molecule has 21 heavy (non-hydrogen) atoms. The first-order valence-electron chi connectivity index (χ1n) is 7.32. The van der Waals surface area contributed by atoms with Crippen molar-refractivity contribution in [2.24, 2.45) is 5.84 Å². The molecule has 1 unspecified atom stereocenters. The van der Waals surface area contributed by atoms with Crippen molar-refractivity contribution in [2.45, 2.75) is 25.8 Å². The molecule has 0 aliphatic rings. The van der Waals surface area contributed by atoms with Crippen molar-refractivity contribution in [1.29, 1.82) is 0 Å². The minimum absolute atomic E-state index is 0.0233. The second kappa shape index (κ2) is 6.12. The molecule has 0 spiro atoms. The summed E-state index contributed by atoms with van der Waals surface area (Å²) in [4.78, 5) is 0. The Kier molecular flexibility index (Phi) is 4.04. The predicted octanol–water partition coefficient (Wildman–Crippen LogP) is 3.74. The minimum Gasteiger partial charge on any atom is -0.459 e. The third-order valence-electron chi connectivity index (χ3n) is 3.86. The van der Waals surface area contributed by atoms with Crippen molar-refractivity contribution < 1.29 is 4.42 Å². The number of fused-ring (bicyclic) bond motifs is 1. The average Bonchev–Trinajstić information content (AvgIpc) is 2.97. The molecule has 1 heterocycles.